The second-order valence-corrected chi connectivity index (χ2v) is 14.4. The van der Waals surface area contributed by atoms with Gasteiger partial charge in [-0.2, -0.15) is 0 Å². The zero-order valence-electron chi connectivity index (χ0n) is 33.2. The summed E-state index contributed by atoms with van der Waals surface area (Å²) in [5.74, 6) is -0.119. The minimum absolute atomic E-state index is 0.119. The Morgan fingerprint density at radius 2 is 0.820 bits per heavy atom. The van der Waals surface area contributed by atoms with Crippen molar-refractivity contribution in [1.82, 2.24) is 5.32 Å². The number of amides is 1. The summed E-state index contributed by atoms with van der Waals surface area (Å²) in [6.45, 7) is 4.28. The van der Waals surface area contributed by atoms with Crippen LogP contribution in [-0.2, 0) is 4.79 Å². The number of carbonyl (C=O) groups excluding carboxylic acids is 1. The third-order valence-corrected chi connectivity index (χ3v) is 9.50. The molecule has 50 heavy (non-hydrogen) atoms. The van der Waals surface area contributed by atoms with Gasteiger partial charge in [-0.15, -0.1) is 0 Å². The predicted octanol–water partition coefficient (Wildman–Crippen LogP) is 13.3. The van der Waals surface area contributed by atoms with Crippen molar-refractivity contribution in [3.63, 3.8) is 0 Å². The van der Waals surface area contributed by atoms with E-state index in [1.807, 2.05) is 6.08 Å². The number of aliphatic hydroxyl groups excluding tert-OH is 2. The lowest BCUT2D eigenvalue weighted by Gasteiger charge is -2.19. The van der Waals surface area contributed by atoms with E-state index in [9.17, 15) is 15.0 Å². The van der Waals surface area contributed by atoms with Crippen LogP contribution in [0, 0.1) is 0 Å². The summed E-state index contributed by atoms with van der Waals surface area (Å²) in [6.07, 6.45) is 57.5. The Kier molecular flexibility index (Phi) is 39.9. The van der Waals surface area contributed by atoms with Gasteiger partial charge in [0.1, 0.15) is 0 Å². The first-order valence-electron chi connectivity index (χ1n) is 21.5. The average Bonchev–Trinajstić information content (AvgIpc) is 3.12. The van der Waals surface area contributed by atoms with Crippen LogP contribution in [0.4, 0.5) is 0 Å². The van der Waals surface area contributed by atoms with Crippen LogP contribution in [0.1, 0.15) is 206 Å². The van der Waals surface area contributed by atoms with Gasteiger partial charge in [-0.25, -0.2) is 0 Å². The number of hydrogen-bond donors (Lipinski definition) is 3. The number of aliphatic hydroxyl groups is 2. The number of rotatable bonds is 38. The molecule has 4 nitrogen and oxygen atoms in total. The fourth-order valence-corrected chi connectivity index (χ4v) is 6.17. The van der Waals surface area contributed by atoms with E-state index in [-0.39, 0.29) is 12.5 Å². The quantitative estimate of drug-likeness (QED) is 0.0444. The van der Waals surface area contributed by atoms with E-state index in [2.05, 4.69) is 67.8 Å². The molecule has 2 atom stereocenters. The molecule has 0 aromatic carbocycles. The van der Waals surface area contributed by atoms with Gasteiger partial charge in [0, 0.05) is 6.42 Å². The summed E-state index contributed by atoms with van der Waals surface area (Å²) < 4.78 is 0. The van der Waals surface area contributed by atoms with Crippen LogP contribution in [0.3, 0.4) is 0 Å². The highest BCUT2D eigenvalue weighted by Gasteiger charge is 2.17. The molecule has 290 valence electrons. The van der Waals surface area contributed by atoms with Crippen LogP contribution < -0.4 is 5.32 Å². The normalized spacial score (nSPS) is 13.6. The molecule has 0 aromatic rings. The predicted molar refractivity (Wildman–Crippen MR) is 221 cm³/mol. The SMILES string of the molecule is CCCCCCCCC/C=C/C/C=C/C/C=C/C/C=C/CCCC(=O)N[C@@H](CO)[C@H](O)/C=C/CCCCCCCCCCCCCCCCC. The van der Waals surface area contributed by atoms with Crippen molar-refractivity contribution in [3.05, 3.63) is 60.8 Å². The second-order valence-electron chi connectivity index (χ2n) is 14.4. The first kappa shape index (κ1) is 48.1. The molecule has 0 aliphatic rings. The third-order valence-electron chi connectivity index (χ3n) is 9.50. The Labute approximate surface area is 311 Å². The molecule has 0 saturated heterocycles. The highest BCUT2D eigenvalue weighted by molar-refractivity contribution is 5.76. The van der Waals surface area contributed by atoms with Crippen molar-refractivity contribution in [2.45, 2.75) is 219 Å². The molecule has 1 amide bonds. The summed E-state index contributed by atoms with van der Waals surface area (Å²) in [4.78, 5) is 12.3. The van der Waals surface area contributed by atoms with Gasteiger partial charge >= 0.3 is 0 Å². The zero-order chi connectivity index (χ0) is 36.4. The average molecular weight is 698 g/mol. The molecule has 0 aromatic heterocycles. The molecule has 0 aliphatic carbocycles. The first-order chi connectivity index (χ1) is 24.7. The van der Waals surface area contributed by atoms with Crippen molar-refractivity contribution in [2.24, 2.45) is 0 Å². The molecule has 0 rings (SSSR count). The zero-order valence-corrected chi connectivity index (χ0v) is 33.2. The summed E-state index contributed by atoms with van der Waals surface area (Å²) in [6, 6.07) is -0.652. The monoisotopic (exact) mass is 698 g/mol. The molecule has 0 fully saturated rings. The van der Waals surface area contributed by atoms with Gasteiger partial charge in [0.15, 0.2) is 0 Å². The lowest BCUT2D eigenvalue weighted by Crippen LogP contribution is -2.45. The van der Waals surface area contributed by atoms with Gasteiger partial charge < -0.3 is 15.5 Å². The van der Waals surface area contributed by atoms with Crippen LogP contribution >= 0.6 is 0 Å². The summed E-state index contributed by atoms with van der Waals surface area (Å²) >= 11 is 0. The van der Waals surface area contributed by atoms with E-state index in [1.54, 1.807) is 6.08 Å². The Morgan fingerprint density at radius 1 is 0.480 bits per heavy atom. The van der Waals surface area contributed by atoms with Crippen molar-refractivity contribution in [3.8, 4) is 0 Å². The standard InChI is InChI=1S/C46H83NO3/c1-3-5-7-9-11-13-15-17-19-21-22-23-24-26-28-30-32-34-36-38-40-42-46(50)47-44(43-48)45(49)41-39-37-35-33-31-29-27-25-20-18-16-14-12-10-8-6-4-2/h19,21,23-24,28,30,34,36,39,41,44-45,48-49H,3-18,20,22,25-27,29,31-33,35,37-38,40,42-43H2,1-2H3,(H,47,50)/b21-19+,24-23+,30-28+,36-34+,41-39+/t44-,45+/m0/s1. The van der Waals surface area contributed by atoms with E-state index in [0.29, 0.717) is 6.42 Å². The lowest BCUT2D eigenvalue weighted by atomic mass is 10.0. The highest BCUT2D eigenvalue weighted by Crippen LogP contribution is 2.14. The molecule has 0 radical (unpaired) electrons. The van der Waals surface area contributed by atoms with Crippen LogP contribution in [-0.4, -0.2) is 34.9 Å². The Bertz CT molecular complexity index is 842. The van der Waals surface area contributed by atoms with Gasteiger partial charge in [0.2, 0.25) is 5.91 Å². The van der Waals surface area contributed by atoms with E-state index >= 15 is 0 Å². The van der Waals surface area contributed by atoms with Crippen LogP contribution in [0.15, 0.2) is 60.8 Å². The van der Waals surface area contributed by atoms with Gasteiger partial charge in [0.05, 0.1) is 18.8 Å². The third kappa shape index (κ3) is 37.3. The Balaban J connectivity index is 3.71. The molecule has 0 spiro atoms. The molecule has 0 unspecified atom stereocenters. The van der Waals surface area contributed by atoms with Gasteiger partial charge in [0.25, 0.3) is 0 Å². The smallest absolute Gasteiger partial charge is 0.220 e. The second kappa shape index (κ2) is 41.5. The van der Waals surface area contributed by atoms with Crippen molar-refractivity contribution in [2.75, 3.05) is 6.61 Å². The fraction of sp³-hybridized carbons (Fsp3) is 0.761. The molecule has 0 heterocycles. The lowest BCUT2D eigenvalue weighted by molar-refractivity contribution is -0.122. The maximum atomic E-state index is 12.3. The van der Waals surface area contributed by atoms with Gasteiger partial charge in [-0.1, -0.05) is 203 Å². The highest BCUT2D eigenvalue weighted by atomic mass is 16.3. The summed E-state index contributed by atoms with van der Waals surface area (Å²) in [5, 5.41) is 22.9. The summed E-state index contributed by atoms with van der Waals surface area (Å²) in [5.41, 5.74) is 0. The van der Waals surface area contributed by atoms with Crippen LogP contribution in [0.5, 0.6) is 0 Å². The number of unbranched alkanes of at least 4 members (excludes halogenated alkanes) is 23. The first-order valence-corrected chi connectivity index (χ1v) is 21.5. The number of hydrogen-bond acceptors (Lipinski definition) is 3. The van der Waals surface area contributed by atoms with Crippen molar-refractivity contribution in [1.29, 1.82) is 0 Å². The number of nitrogens with one attached hydrogen (secondary N) is 1. The van der Waals surface area contributed by atoms with E-state index in [1.165, 1.54) is 141 Å². The summed E-state index contributed by atoms with van der Waals surface area (Å²) in [7, 11) is 0. The van der Waals surface area contributed by atoms with Gasteiger partial charge in [-0.05, 0) is 57.8 Å². The maximum Gasteiger partial charge on any atom is 0.220 e. The van der Waals surface area contributed by atoms with Crippen molar-refractivity contribution < 1.29 is 15.0 Å². The van der Waals surface area contributed by atoms with E-state index in [4.69, 9.17) is 0 Å². The molecule has 0 bridgehead atoms. The Hall–Kier alpha value is -1.91. The fourth-order valence-electron chi connectivity index (χ4n) is 6.17. The minimum atomic E-state index is -0.863. The minimum Gasteiger partial charge on any atom is -0.394 e. The molecule has 4 heteroatoms. The van der Waals surface area contributed by atoms with Gasteiger partial charge in [-0.3, -0.25) is 4.79 Å². The Morgan fingerprint density at radius 3 is 1.22 bits per heavy atom. The van der Waals surface area contributed by atoms with E-state index < -0.39 is 12.1 Å². The van der Waals surface area contributed by atoms with E-state index in [0.717, 1.165) is 44.9 Å². The largest absolute Gasteiger partial charge is 0.394 e. The maximum absolute atomic E-state index is 12.3. The van der Waals surface area contributed by atoms with Crippen LogP contribution in [0.2, 0.25) is 0 Å². The number of allylic oxidation sites excluding steroid dienone is 9. The topological polar surface area (TPSA) is 69.6 Å². The van der Waals surface area contributed by atoms with Crippen LogP contribution in [0.25, 0.3) is 0 Å². The molecular weight excluding hydrogens is 615 g/mol. The molecule has 0 aliphatic heterocycles. The number of carbonyl (C=O) groups is 1. The molecule has 0 saturated carbocycles. The van der Waals surface area contributed by atoms with Crippen molar-refractivity contribution >= 4 is 5.91 Å². The molecular formula is C46H83NO3. The molecule has 3 N–H and O–H groups in total.